The van der Waals surface area contributed by atoms with Crippen LogP contribution < -0.4 is 5.32 Å². The first-order valence-corrected chi connectivity index (χ1v) is 4.65. The number of ether oxygens (including phenoxy) is 1. The number of rotatable bonds is 6. The van der Waals surface area contributed by atoms with E-state index in [-0.39, 0.29) is 6.04 Å². The Hall–Kier alpha value is -0.800. The maximum absolute atomic E-state index is 5.46. The molecule has 1 heterocycles. The van der Waals surface area contributed by atoms with Gasteiger partial charge in [0.25, 0.3) is 0 Å². The van der Waals surface area contributed by atoms with Crippen LogP contribution in [0.2, 0.25) is 0 Å². The van der Waals surface area contributed by atoms with Crippen molar-refractivity contribution in [3.8, 4) is 0 Å². The van der Waals surface area contributed by atoms with Gasteiger partial charge in [-0.25, -0.2) is 0 Å². The number of hydrogen-bond acceptors (Lipinski definition) is 3. The summed E-state index contributed by atoms with van der Waals surface area (Å²) >= 11 is 0. The monoisotopic (exact) mass is 183 g/mol. The number of nitrogens with one attached hydrogen (secondary N) is 1. The van der Waals surface area contributed by atoms with Crippen molar-refractivity contribution in [1.29, 1.82) is 0 Å². The van der Waals surface area contributed by atoms with E-state index < -0.39 is 0 Å². The van der Waals surface area contributed by atoms with Gasteiger partial charge in [-0.15, -0.1) is 0 Å². The highest BCUT2D eigenvalue weighted by Crippen LogP contribution is 2.12. The molecule has 3 heteroatoms. The zero-order valence-corrected chi connectivity index (χ0v) is 8.25. The van der Waals surface area contributed by atoms with E-state index in [4.69, 9.17) is 9.15 Å². The average molecular weight is 183 g/mol. The Labute approximate surface area is 79.1 Å². The van der Waals surface area contributed by atoms with E-state index in [1.54, 1.807) is 12.5 Å². The van der Waals surface area contributed by atoms with E-state index in [1.807, 2.05) is 13.1 Å². The molecule has 1 atom stereocenters. The van der Waals surface area contributed by atoms with Gasteiger partial charge in [-0.05, 0) is 19.5 Å². The molecule has 0 saturated heterocycles. The van der Waals surface area contributed by atoms with E-state index in [0.717, 1.165) is 18.6 Å². The first-order chi connectivity index (χ1) is 6.38. The van der Waals surface area contributed by atoms with E-state index in [9.17, 15) is 0 Å². The molecular formula is C10H17NO2. The van der Waals surface area contributed by atoms with E-state index in [0.29, 0.717) is 6.61 Å². The van der Waals surface area contributed by atoms with Crippen molar-refractivity contribution in [2.24, 2.45) is 0 Å². The molecule has 0 spiro atoms. The minimum absolute atomic E-state index is 0.241. The summed E-state index contributed by atoms with van der Waals surface area (Å²) in [5, 5.41) is 3.18. The highest BCUT2D eigenvalue weighted by Gasteiger charge is 2.09. The summed E-state index contributed by atoms with van der Waals surface area (Å²) in [6.45, 7) is 3.62. The van der Waals surface area contributed by atoms with Gasteiger partial charge in [0, 0.05) is 12.2 Å². The van der Waals surface area contributed by atoms with Crippen LogP contribution >= 0.6 is 0 Å². The summed E-state index contributed by atoms with van der Waals surface area (Å²) in [6.07, 6.45) is 4.48. The quantitative estimate of drug-likeness (QED) is 0.685. The minimum atomic E-state index is 0.241. The van der Waals surface area contributed by atoms with E-state index in [2.05, 4.69) is 12.2 Å². The second kappa shape index (κ2) is 5.78. The van der Waals surface area contributed by atoms with Crippen LogP contribution in [-0.4, -0.2) is 20.3 Å². The summed E-state index contributed by atoms with van der Waals surface area (Å²) in [7, 11) is 1.92. The molecule has 0 aromatic carbocycles. The third-order valence-corrected chi connectivity index (χ3v) is 1.93. The number of furan rings is 1. The van der Waals surface area contributed by atoms with Gasteiger partial charge in [0.1, 0.15) is 0 Å². The minimum Gasteiger partial charge on any atom is -0.472 e. The Balaban J connectivity index is 2.35. The molecule has 0 fully saturated rings. The number of likely N-dealkylation sites (N-methyl/N-ethyl adjacent to an activating group) is 1. The van der Waals surface area contributed by atoms with Crippen molar-refractivity contribution in [2.45, 2.75) is 19.4 Å². The van der Waals surface area contributed by atoms with Gasteiger partial charge in [0.2, 0.25) is 0 Å². The zero-order chi connectivity index (χ0) is 9.52. The Morgan fingerprint density at radius 2 is 2.46 bits per heavy atom. The lowest BCUT2D eigenvalue weighted by Gasteiger charge is -2.13. The van der Waals surface area contributed by atoms with Gasteiger partial charge >= 0.3 is 0 Å². The summed E-state index contributed by atoms with van der Waals surface area (Å²) in [6, 6.07) is 2.20. The standard InChI is InChI=1S/C10H17NO2/c1-3-5-12-8-10(11-2)9-4-6-13-7-9/h4,6-7,10-11H,3,5,8H2,1-2H3. The highest BCUT2D eigenvalue weighted by molar-refractivity contribution is 5.11. The zero-order valence-electron chi connectivity index (χ0n) is 8.25. The molecule has 0 bridgehead atoms. The maximum atomic E-state index is 5.46. The van der Waals surface area contributed by atoms with Crippen LogP contribution in [0, 0.1) is 0 Å². The molecule has 0 aliphatic carbocycles. The second-order valence-electron chi connectivity index (χ2n) is 2.97. The predicted octanol–water partition coefficient (Wildman–Crippen LogP) is 1.97. The van der Waals surface area contributed by atoms with Crippen LogP contribution in [0.25, 0.3) is 0 Å². The van der Waals surface area contributed by atoms with Gasteiger partial charge in [0.05, 0.1) is 25.2 Å². The molecule has 0 radical (unpaired) electrons. The first kappa shape index (κ1) is 10.3. The van der Waals surface area contributed by atoms with Crippen molar-refractivity contribution < 1.29 is 9.15 Å². The van der Waals surface area contributed by atoms with Crippen molar-refractivity contribution >= 4 is 0 Å². The first-order valence-electron chi connectivity index (χ1n) is 4.65. The smallest absolute Gasteiger partial charge is 0.0951 e. The van der Waals surface area contributed by atoms with Gasteiger partial charge in [-0.2, -0.15) is 0 Å². The summed E-state index contributed by atoms with van der Waals surface area (Å²) < 4.78 is 10.5. The lowest BCUT2D eigenvalue weighted by molar-refractivity contribution is 0.114. The van der Waals surface area contributed by atoms with Gasteiger partial charge < -0.3 is 14.5 Å². The third kappa shape index (κ3) is 3.20. The third-order valence-electron chi connectivity index (χ3n) is 1.93. The van der Waals surface area contributed by atoms with Gasteiger partial charge in [0.15, 0.2) is 0 Å². The van der Waals surface area contributed by atoms with Gasteiger partial charge in [-0.1, -0.05) is 6.92 Å². The Kier molecular flexibility index (Phi) is 4.57. The lowest BCUT2D eigenvalue weighted by atomic mass is 10.2. The summed E-state index contributed by atoms with van der Waals surface area (Å²) in [4.78, 5) is 0. The molecule has 1 aromatic heterocycles. The Bertz CT molecular complexity index is 209. The molecule has 0 aliphatic heterocycles. The fourth-order valence-corrected chi connectivity index (χ4v) is 1.17. The fourth-order valence-electron chi connectivity index (χ4n) is 1.17. The Morgan fingerprint density at radius 1 is 1.62 bits per heavy atom. The largest absolute Gasteiger partial charge is 0.472 e. The van der Waals surface area contributed by atoms with Crippen LogP contribution in [0.4, 0.5) is 0 Å². The second-order valence-corrected chi connectivity index (χ2v) is 2.97. The van der Waals surface area contributed by atoms with Crippen molar-refractivity contribution in [2.75, 3.05) is 20.3 Å². The molecule has 0 amide bonds. The van der Waals surface area contributed by atoms with Crippen LogP contribution in [0.1, 0.15) is 24.9 Å². The van der Waals surface area contributed by atoms with Crippen LogP contribution in [0.3, 0.4) is 0 Å². The van der Waals surface area contributed by atoms with Crippen LogP contribution in [0.5, 0.6) is 0 Å². The molecule has 1 unspecified atom stereocenters. The topological polar surface area (TPSA) is 34.4 Å². The van der Waals surface area contributed by atoms with Crippen molar-refractivity contribution in [3.63, 3.8) is 0 Å². The molecule has 1 aromatic rings. The molecule has 3 nitrogen and oxygen atoms in total. The SMILES string of the molecule is CCCOCC(NC)c1ccoc1. The molecule has 74 valence electrons. The summed E-state index contributed by atoms with van der Waals surface area (Å²) in [5.74, 6) is 0. The average Bonchev–Trinajstić information content (AvgIpc) is 2.65. The summed E-state index contributed by atoms with van der Waals surface area (Å²) in [5.41, 5.74) is 1.14. The molecule has 0 aliphatic rings. The maximum Gasteiger partial charge on any atom is 0.0951 e. The molecule has 13 heavy (non-hydrogen) atoms. The van der Waals surface area contributed by atoms with E-state index in [1.165, 1.54) is 0 Å². The molecular weight excluding hydrogens is 166 g/mol. The van der Waals surface area contributed by atoms with Crippen molar-refractivity contribution in [3.05, 3.63) is 24.2 Å². The lowest BCUT2D eigenvalue weighted by Crippen LogP contribution is -2.21. The predicted molar refractivity (Wildman–Crippen MR) is 51.6 cm³/mol. The van der Waals surface area contributed by atoms with Crippen LogP contribution in [-0.2, 0) is 4.74 Å². The Morgan fingerprint density at radius 3 is 3.00 bits per heavy atom. The van der Waals surface area contributed by atoms with Crippen LogP contribution in [0.15, 0.2) is 23.0 Å². The number of hydrogen-bond donors (Lipinski definition) is 1. The molecule has 0 saturated carbocycles. The fraction of sp³-hybridized carbons (Fsp3) is 0.600. The van der Waals surface area contributed by atoms with Crippen molar-refractivity contribution in [1.82, 2.24) is 5.32 Å². The normalized spacial score (nSPS) is 13.1. The molecule has 1 rings (SSSR count). The van der Waals surface area contributed by atoms with E-state index >= 15 is 0 Å². The highest BCUT2D eigenvalue weighted by atomic mass is 16.5. The van der Waals surface area contributed by atoms with Gasteiger partial charge in [-0.3, -0.25) is 0 Å². The molecule has 1 N–H and O–H groups in total.